The zero-order valence-corrected chi connectivity index (χ0v) is 11.0. The molecule has 7 nitrogen and oxygen atoms in total. The number of fused-ring (bicyclic) bond motifs is 1. The molecule has 0 amide bonds. The molecule has 104 valence electrons. The lowest BCUT2D eigenvalue weighted by molar-refractivity contribution is 0.0687. The Hall–Kier alpha value is -1.96. The van der Waals surface area contributed by atoms with Crippen LogP contribution in [-0.2, 0) is 15.6 Å². The van der Waals surface area contributed by atoms with Crippen LogP contribution >= 0.6 is 0 Å². The summed E-state index contributed by atoms with van der Waals surface area (Å²) in [5, 5.41) is 9.18. The first-order chi connectivity index (χ1) is 8.79. The van der Waals surface area contributed by atoms with Crippen LogP contribution in [0.15, 0.2) is 6.07 Å². The second kappa shape index (κ2) is 4.61. The Bertz CT molecular complexity index is 637. The number of carboxylic acid groups (broad SMARTS) is 1. The largest absolute Gasteiger partial charge is 0.486 e. The van der Waals surface area contributed by atoms with E-state index in [-0.39, 0.29) is 47.3 Å². The zero-order valence-electron chi connectivity index (χ0n) is 10.2. The molecule has 0 radical (unpaired) electrons. The average molecular weight is 287 g/mol. The Morgan fingerprint density at radius 1 is 1.42 bits per heavy atom. The highest BCUT2D eigenvalue weighted by atomic mass is 32.2. The zero-order chi connectivity index (χ0) is 14.2. The normalized spacial score (nSPS) is 14.2. The summed E-state index contributed by atoms with van der Waals surface area (Å²) in [4.78, 5) is 11.2. The van der Waals surface area contributed by atoms with Gasteiger partial charge in [-0.1, -0.05) is 0 Å². The van der Waals surface area contributed by atoms with E-state index in [1.807, 2.05) is 0 Å². The SMILES string of the molecule is CS(=O)(=O)Cc1cc2c(c(C(=O)O)c1N)OCCO2. The quantitative estimate of drug-likeness (QED) is 0.767. The fourth-order valence-electron chi connectivity index (χ4n) is 1.87. The predicted molar refractivity (Wildman–Crippen MR) is 67.4 cm³/mol. The first kappa shape index (κ1) is 13.5. The van der Waals surface area contributed by atoms with Crippen molar-refractivity contribution in [3.63, 3.8) is 0 Å². The van der Waals surface area contributed by atoms with Crippen molar-refractivity contribution in [2.75, 3.05) is 25.2 Å². The fourth-order valence-corrected chi connectivity index (χ4v) is 2.67. The highest BCUT2D eigenvalue weighted by Crippen LogP contribution is 2.40. The van der Waals surface area contributed by atoms with Crippen LogP contribution in [0.2, 0.25) is 0 Å². The van der Waals surface area contributed by atoms with Crippen molar-refractivity contribution in [2.45, 2.75) is 5.75 Å². The second-order valence-electron chi connectivity index (χ2n) is 4.22. The number of nitrogen functional groups attached to an aromatic ring is 1. The molecule has 1 heterocycles. The van der Waals surface area contributed by atoms with Crippen molar-refractivity contribution in [1.29, 1.82) is 0 Å². The molecule has 0 aromatic heterocycles. The van der Waals surface area contributed by atoms with Gasteiger partial charge in [0.15, 0.2) is 21.3 Å². The number of aromatic carboxylic acids is 1. The Balaban J connectivity index is 2.64. The molecule has 1 aliphatic heterocycles. The van der Waals surface area contributed by atoms with E-state index in [1.165, 1.54) is 6.07 Å². The molecular formula is C11H13NO6S. The van der Waals surface area contributed by atoms with Crippen molar-refractivity contribution in [3.8, 4) is 11.5 Å². The number of rotatable bonds is 3. The van der Waals surface area contributed by atoms with E-state index in [0.717, 1.165) is 6.26 Å². The summed E-state index contributed by atoms with van der Waals surface area (Å²) in [6.45, 7) is 0.492. The summed E-state index contributed by atoms with van der Waals surface area (Å²) < 4.78 is 33.2. The molecule has 0 spiro atoms. The maximum atomic E-state index is 11.3. The van der Waals surface area contributed by atoms with E-state index < -0.39 is 15.8 Å². The molecule has 1 aromatic rings. The van der Waals surface area contributed by atoms with E-state index in [4.69, 9.17) is 15.2 Å². The molecule has 0 saturated heterocycles. The maximum absolute atomic E-state index is 11.3. The van der Waals surface area contributed by atoms with E-state index in [1.54, 1.807) is 0 Å². The number of carbonyl (C=O) groups is 1. The van der Waals surface area contributed by atoms with Gasteiger partial charge in [-0.05, 0) is 11.6 Å². The second-order valence-corrected chi connectivity index (χ2v) is 6.36. The van der Waals surface area contributed by atoms with Gasteiger partial charge in [0.05, 0.1) is 11.4 Å². The minimum absolute atomic E-state index is 0.0495. The van der Waals surface area contributed by atoms with E-state index in [9.17, 15) is 18.3 Å². The molecule has 19 heavy (non-hydrogen) atoms. The van der Waals surface area contributed by atoms with Crippen molar-refractivity contribution < 1.29 is 27.8 Å². The topological polar surface area (TPSA) is 116 Å². The highest BCUT2D eigenvalue weighted by Gasteiger charge is 2.26. The third-order valence-electron chi connectivity index (χ3n) is 2.59. The Labute approximate surface area is 109 Å². The minimum Gasteiger partial charge on any atom is -0.486 e. The summed E-state index contributed by atoms with van der Waals surface area (Å²) in [6, 6.07) is 1.41. The van der Waals surface area contributed by atoms with Gasteiger partial charge in [0.2, 0.25) is 0 Å². The molecule has 8 heteroatoms. The lowest BCUT2D eigenvalue weighted by Crippen LogP contribution is -2.20. The first-order valence-electron chi connectivity index (χ1n) is 5.41. The maximum Gasteiger partial charge on any atom is 0.341 e. The van der Waals surface area contributed by atoms with Crippen LogP contribution < -0.4 is 15.2 Å². The number of ether oxygens (including phenoxy) is 2. The van der Waals surface area contributed by atoms with E-state index in [0.29, 0.717) is 0 Å². The lowest BCUT2D eigenvalue weighted by Gasteiger charge is -2.22. The molecule has 3 N–H and O–H groups in total. The van der Waals surface area contributed by atoms with Crippen LogP contribution in [0.3, 0.4) is 0 Å². The highest BCUT2D eigenvalue weighted by molar-refractivity contribution is 7.89. The molecule has 0 atom stereocenters. The van der Waals surface area contributed by atoms with Gasteiger partial charge in [-0.15, -0.1) is 0 Å². The van der Waals surface area contributed by atoms with Crippen molar-refractivity contribution in [2.24, 2.45) is 0 Å². The summed E-state index contributed by atoms with van der Waals surface area (Å²) in [7, 11) is -3.34. The Morgan fingerprint density at radius 3 is 2.63 bits per heavy atom. The molecule has 0 unspecified atom stereocenters. The average Bonchev–Trinajstić information content (AvgIpc) is 2.27. The van der Waals surface area contributed by atoms with Crippen molar-refractivity contribution in [3.05, 3.63) is 17.2 Å². The molecule has 0 aliphatic carbocycles. The third-order valence-corrected chi connectivity index (χ3v) is 3.43. The lowest BCUT2D eigenvalue weighted by atomic mass is 10.1. The standard InChI is InChI=1S/C11H13NO6S/c1-19(15,16)5-6-4-7-10(18-3-2-17-7)8(9(6)12)11(13)14/h4H,2-3,5,12H2,1H3,(H,13,14). The van der Waals surface area contributed by atoms with Gasteiger partial charge < -0.3 is 20.3 Å². The van der Waals surface area contributed by atoms with Gasteiger partial charge in [-0.3, -0.25) is 0 Å². The fraction of sp³-hybridized carbons (Fsp3) is 0.364. The summed E-state index contributed by atoms with van der Waals surface area (Å²) in [5.41, 5.74) is 5.57. The number of hydrogen-bond acceptors (Lipinski definition) is 6. The Kier molecular flexibility index (Phi) is 3.27. The van der Waals surface area contributed by atoms with Gasteiger partial charge in [0.25, 0.3) is 0 Å². The van der Waals surface area contributed by atoms with Crippen LogP contribution in [0.25, 0.3) is 0 Å². The number of nitrogens with two attached hydrogens (primary N) is 1. The van der Waals surface area contributed by atoms with Crippen LogP contribution in [0.4, 0.5) is 5.69 Å². The van der Waals surface area contributed by atoms with Gasteiger partial charge in [-0.2, -0.15) is 0 Å². The molecule has 2 rings (SSSR count). The number of hydrogen-bond donors (Lipinski definition) is 2. The summed E-state index contributed by atoms with van der Waals surface area (Å²) in [5.74, 6) is -1.38. The van der Waals surface area contributed by atoms with E-state index in [2.05, 4.69) is 0 Å². The first-order valence-corrected chi connectivity index (χ1v) is 7.47. The molecular weight excluding hydrogens is 274 g/mol. The molecule has 0 bridgehead atoms. The Morgan fingerprint density at radius 2 is 2.05 bits per heavy atom. The molecule has 1 aliphatic rings. The monoisotopic (exact) mass is 287 g/mol. The van der Waals surface area contributed by atoms with Gasteiger partial charge in [0.1, 0.15) is 18.8 Å². The summed E-state index contributed by atoms with van der Waals surface area (Å²) >= 11 is 0. The van der Waals surface area contributed by atoms with E-state index >= 15 is 0 Å². The van der Waals surface area contributed by atoms with Crippen LogP contribution in [0.1, 0.15) is 15.9 Å². The third kappa shape index (κ3) is 2.73. The summed E-state index contributed by atoms with van der Waals surface area (Å²) in [6.07, 6.45) is 1.05. The molecule has 0 fully saturated rings. The minimum atomic E-state index is -3.34. The number of carboxylic acids is 1. The smallest absolute Gasteiger partial charge is 0.341 e. The van der Waals surface area contributed by atoms with Gasteiger partial charge in [0, 0.05) is 6.26 Å². The number of benzene rings is 1. The van der Waals surface area contributed by atoms with Crippen molar-refractivity contribution in [1.82, 2.24) is 0 Å². The van der Waals surface area contributed by atoms with Crippen LogP contribution in [0, 0.1) is 0 Å². The van der Waals surface area contributed by atoms with Crippen LogP contribution in [0.5, 0.6) is 11.5 Å². The molecule has 1 aromatic carbocycles. The predicted octanol–water partition coefficient (Wildman–Crippen LogP) is 0.283. The van der Waals surface area contributed by atoms with Crippen molar-refractivity contribution >= 4 is 21.5 Å². The molecule has 0 saturated carbocycles. The number of sulfone groups is 1. The van der Waals surface area contributed by atoms with Crippen LogP contribution in [-0.4, -0.2) is 39.0 Å². The van der Waals surface area contributed by atoms with Gasteiger partial charge >= 0.3 is 5.97 Å². The van der Waals surface area contributed by atoms with Gasteiger partial charge in [-0.25, -0.2) is 13.2 Å². The number of anilines is 1.